The number of carboxylic acids is 2. The Bertz CT molecular complexity index is 1900. The van der Waals surface area contributed by atoms with Crippen molar-refractivity contribution in [3.05, 3.63) is 113 Å². The molecule has 0 saturated heterocycles. The maximum absolute atomic E-state index is 12.8. The number of nitrogens with zero attached hydrogens (tertiary/aromatic N) is 2. The molecule has 0 aliphatic carbocycles. The lowest BCUT2D eigenvalue weighted by atomic mass is 10.1. The summed E-state index contributed by atoms with van der Waals surface area (Å²) >= 11 is 0. The lowest BCUT2D eigenvalue weighted by Gasteiger charge is -2.14. The highest BCUT2D eigenvalue weighted by Crippen LogP contribution is 2.31. The van der Waals surface area contributed by atoms with Crippen molar-refractivity contribution in [1.82, 2.24) is 0 Å². The molecule has 0 aliphatic heterocycles. The fourth-order valence-corrected chi connectivity index (χ4v) is 5.82. The van der Waals surface area contributed by atoms with Gasteiger partial charge >= 0.3 is 11.9 Å². The average Bonchev–Trinajstić information content (AvgIpc) is 2.98. The van der Waals surface area contributed by atoms with Gasteiger partial charge in [0.25, 0.3) is 20.0 Å². The zero-order valence-electron chi connectivity index (χ0n) is 21.5. The van der Waals surface area contributed by atoms with Crippen molar-refractivity contribution >= 4 is 49.0 Å². The molecule has 0 aromatic heterocycles. The predicted octanol–water partition coefficient (Wildman–Crippen LogP) is 4.90. The number of anilines is 2. The molecule has 0 unspecified atom stereocenters. The van der Waals surface area contributed by atoms with Gasteiger partial charge in [-0.15, -0.1) is 0 Å². The number of benzene rings is 4. The summed E-state index contributed by atoms with van der Waals surface area (Å²) in [5.74, 6) is -3.18. The topological polar surface area (TPSA) is 204 Å². The van der Waals surface area contributed by atoms with E-state index in [2.05, 4.69) is 14.3 Å². The Kier molecular flexibility index (Phi) is 8.33. The monoisotopic (exact) mass is 618 g/mol. The molecule has 4 rings (SSSR count). The standard InChI is InChI=1S/C28H18N4O9S2/c1-30-18-4-10-22(11-5-18)43(39,40)32-26-13-7-20(15-24(26)28(35)36)41-19-6-12-25(23(14-19)27(33)34)31-42(37,38)21-8-2-17(16-29)3-9-21/h2-15,31-32H,(H,33,34)(H,35,36). The summed E-state index contributed by atoms with van der Waals surface area (Å²) in [4.78, 5) is 26.6. The molecule has 15 heteroatoms. The highest BCUT2D eigenvalue weighted by molar-refractivity contribution is 7.93. The second-order valence-electron chi connectivity index (χ2n) is 8.58. The van der Waals surface area contributed by atoms with Gasteiger partial charge in [0.1, 0.15) is 11.5 Å². The van der Waals surface area contributed by atoms with Crippen molar-refractivity contribution in [1.29, 1.82) is 5.26 Å². The number of ether oxygens (including phenoxy) is 1. The third kappa shape index (κ3) is 6.88. The van der Waals surface area contributed by atoms with Crippen molar-refractivity contribution in [3.63, 3.8) is 0 Å². The van der Waals surface area contributed by atoms with Crippen molar-refractivity contribution in [2.45, 2.75) is 9.79 Å². The van der Waals surface area contributed by atoms with Crippen LogP contribution in [0.4, 0.5) is 17.1 Å². The third-order valence-electron chi connectivity index (χ3n) is 5.74. The zero-order valence-corrected chi connectivity index (χ0v) is 23.2. The molecule has 0 radical (unpaired) electrons. The van der Waals surface area contributed by atoms with E-state index in [9.17, 15) is 36.6 Å². The van der Waals surface area contributed by atoms with Crippen LogP contribution in [0.25, 0.3) is 4.85 Å². The van der Waals surface area contributed by atoms with E-state index < -0.39 is 43.1 Å². The van der Waals surface area contributed by atoms with Crippen LogP contribution in [0.3, 0.4) is 0 Å². The van der Waals surface area contributed by atoms with Crippen LogP contribution in [0.15, 0.2) is 94.7 Å². The van der Waals surface area contributed by atoms with Crippen LogP contribution in [0, 0.1) is 17.9 Å². The van der Waals surface area contributed by atoms with E-state index in [-0.39, 0.29) is 43.9 Å². The maximum Gasteiger partial charge on any atom is 0.337 e. The molecule has 216 valence electrons. The van der Waals surface area contributed by atoms with Crippen molar-refractivity contribution in [2.24, 2.45) is 0 Å². The number of nitriles is 1. The van der Waals surface area contributed by atoms with Crippen LogP contribution in [0.1, 0.15) is 26.3 Å². The van der Waals surface area contributed by atoms with E-state index in [0.717, 1.165) is 24.3 Å². The van der Waals surface area contributed by atoms with E-state index in [1.54, 1.807) is 0 Å². The first-order valence-electron chi connectivity index (χ1n) is 11.8. The Hall–Kier alpha value is -5.90. The van der Waals surface area contributed by atoms with Gasteiger partial charge < -0.3 is 14.9 Å². The molecule has 0 saturated carbocycles. The van der Waals surface area contributed by atoms with Gasteiger partial charge in [-0.05, 0) is 60.7 Å². The third-order valence-corrected chi connectivity index (χ3v) is 8.50. The van der Waals surface area contributed by atoms with Crippen LogP contribution in [-0.2, 0) is 20.0 Å². The first-order chi connectivity index (χ1) is 20.3. The minimum atomic E-state index is -4.22. The number of aromatic carboxylic acids is 2. The molecule has 0 aliphatic rings. The van der Waals surface area contributed by atoms with Gasteiger partial charge in [0.15, 0.2) is 5.69 Å². The Morgan fingerprint density at radius 3 is 1.51 bits per heavy atom. The molecule has 43 heavy (non-hydrogen) atoms. The van der Waals surface area contributed by atoms with Crippen molar-refractivity contribution < 1.29 is 41.4 Å². The summed E-state index contributed by atoms with van der Waals surface area (Å²) in [6, 6.07) is 18.6. The van der Waals surface area contributed by atoms with Gasteiger partial charge in [0.2, 0.25) is 0 Å². The number of sulfonamides is 2. The molecule has 0 bridgehead atoms. The normalized spacial score (nSPS) is 11.0. The van der Waals surface area contributed by atoms with E-state index in [1.165, 1.54) is 60.7 Å². The first kappa shape index (κ1) is 30.1. The Labute approximate surface area is 245 Å². The highest BCUT2D eigenvalue weighted by Gasteiger charge is 2.22. The molecule has 4 aromatic carbocycles. The molecule has 4 N–H and O–H groups in total. The minimum Gasteiger partial charge on any atom is -0.478 e. The number of hydrogen-bond donors (Lipinski definition) is 4. The fraction of sp³-hybridized carbons (Fsp3) is 0. The van der Waals surface area contributed by atoms with Crippen LogP contribution in [0.5, 0.6) is 11.5 Å². The van der Waals surface area contributed by atoms with Crippen LogP contribution < -0.4 is 14.2 Å². The van der Waals surface area contributed by atoms with Gasteiger partial charge in [-0.25, -0.2) is 31.3 Å². The summed E-state index contributed by atoms with van der Waals surface area (Å²) in [5, 5.41) is 28.3. The summed E-state index contributed by atoms with van der Waals surface area (Å²) in [6.07, 6.45) is 0. The van der Waals surface area contributed by atoms with Crippen molar-refractivity contribution in [2.75, 3.05) is 9.44 Å². The number of carboxylic acid groups (broad SMARTS) is 2. The number of hydrogen-bond acceptors (Lipinski definition) is 8. The Balaban J connectivity index is 1.59. The lowest BCUT2D eigenvalue weighted by Crippen LogP contribution is -2.16. The van der Waals surface area contributed by atoms with E-state index in [0.29, 0.717) is 0 Å². The summed E-state index contributed by atoms with van der Waals surface area (Å²) < 4.78 is 61.1. The molecular weight excluding hydrogens is 600 g/mol. The van der Waals surface area contributed by atoms with Crippen LogP contribution >= 0.6 is 0 Å². The lowest BCUT2D eigenvalue weighted by molar-refractivity contribution is 0.0687. The molecule has 0 spiro atoms. The second-order valence-corrected chi connectivity index (χ2v) is 11.9. The molecule has 4 aromatic rings. The predicted molar refractivity (Wildman–Crippen MR) is 152 cm³/mol. The molecule has 13 nitrogen and oxygen atoms in total. The molecular formula is C28H18N4O9S2. The smallest absolute Gasteiger partial charge is 0.337 e. The van der Waals surface area contributed by atoms with Crippen LogP contribution in [0.2, 0.25) is 0 Å². The number of carbonyl (C=O) groups is 2. The van der Waals surface area contributed by atoms with E-state index in [4.69, 9.17) is 16.6 Å². The SMILES string of the molecule is [C-]#[N+]c1ccc(S(=O)(=O)Nc2ccc(Oc3ccc(NS(=O)(=O)c4ccc(C#N)cc4)c(C(=O)O)c3)cc2C(=O)O)cc1. The highest BCUT2D eigenvalue weighted by atomic mass is 32.2. The Morgan fingerprint density at radius 2 is 1.14 bits per heavy atom. The summed E-state index contributed by atoms with van der Waals surface area (Å²) in [6.45, 7) is 6.97. The van der Waals surface area contributed by atoms with Gasteiger partial charge in [-0.3, -0.25) is 9.44 Å². The summed E-state index contributed by atoms with van der Waals surface area (Å²) in [5.41, 5.74) is -1.09. The van der Waals surface area contributed by atoms with Crippen LogP contribution in [-0.4, -0.2) is 39.0 Å². The maximum atomic E-state index is 12.8. The molecule has 0 amide bonds. The number of rotatable bonds is 10. The Morgan fingerprint density at radius 1 is 0.721 bits per heavy atom. The summed E-state index contributed by atoms with van der Waals surface area (Å²) in [7, 11) is -8.44. The second kappa shape index (κ2) is 11.9. The van der Waals surface area contributed by atoms with Gasteiger partial charge in [0, 0.05) is 0 Å². The van der Waals surface area contributed by atoms with Gasteiger partial charge in [0.05, 0.1) is 50.5 Å². The first-order valence-corrected chi connectivity index (χ1v) is 14.8. The van der Waals surface area contributed by atoms with Crippen molar-refractivity contribution in [3.8, 4) is 17.6 Å². The average molecular weight is 619 g/mol. The van der Waals surface area contributed by atoms with E-state index >= 15 is 0 Å². The minimum absolute atomic E-state index is 0.0935. The number of nitrogens with one attached hydrogen (secondary N) is 2. The largest absolute Gasteiger partial charge is 0.478 e. The van der Waals surface area contributed by atoms with Gasteiger partial charge in [-0.1, -0.05) is 24.3 Å². The quantitative estimate of drug-likeness (QED) is 0.177. The molecule has 0 heterocycles. The van der Waals surface area contributed by atoms with Gasteiger partial charge in [-0.2, -0.15) is 5.26 Å². The van der Waals surface area contributed by atoms with E-state index in [1.807, 2.05) is 6.07 Å². The zero-order chi connectivity index (χ0) is 31.4. The molecule has 0 fully saturated rings. The fourth-order valence-electron chi connectivity index (χ4n) is 3.66. The molecule has 0 atom stereocenters.